The lowest BCUT2D eigenvalue weighted by molar-refractivity contribution is 0.284. The number of hydrogen-bond donors (Lipinski definition) is 1. The predicted molar refractivity (Wildman–Crippen MR) is 82.9 cm³/mol. The van der Waals surface area contributed by atoms with Crippen molar-refractivity contribution < 1.29 is 14.7 Å². The number of benzene rings is 2. The summed E-state index contributed by atoms with van der Waals surface area (Å²) in [7, 11) is 1.53. The Labute approximate surface area is 128 Å². The summed E-state index contributed by atoms with van der Waals surface area (Å²) in [5.74, 6) is 0.959. The van der Waals surface area contributed by atoms with Crippen molar-refractivity contribution in [2.45, 2.75) is 13.5 Å². The van der Waals surface area contributed by atoms with Gasteiger partial charge < -0.3 is 14.7 Å². The lowest BCUT2D eigenvalue weighted by Crippen LogP contribution is -1.99. The lowest BCUT2D eigenvalue weighted by atomic mass is 10.1. The molecule has 0 aliphatic rings. The third-order valence-electron chi connectivity index (χ3n) is 2.92. The minimum Gasteiger partial charge on any atom is -0.493 e. The van der Waals surface area contributed by atoms with E-state index in [2.05, 4.69) is 5.16 Å². The predicted octanol–water partition coefficient (Wildman–Crippen LogP) is 4.04. The Morgan fingerprint density at radius 2 is 2.10 bits per heavy atom. The highest BCUT2D eigenvalue weighted by atomic mass is 35.5. The molecule has 0 fully saturated rings. The summed E-state index contributed by atoms with van der Waals surface area (Å²) >= 11 is 6.20. The van der Waals surface area contributed by atoms with Crippen molar-refractivity contribution in [1.29, 1.82) is 0 Å². The van der Waals surface area contributed by atoms with Crippen LogP contribution in [0.5, 0.6) is 11.5 Å². The molecule has 2 aromatic carbocycles. The molecule has 4 nitrogen and oxygen atoms in total. The number of methoxy groups -OCH3 is 1. The van der Waals surface area contributed by atoms with E-state index >= 15 is 0 Å². The van der Waals surface area contributed by atoms with Gasteiger partial charge in [-0.25, -0.2) is 0 Å². The van der Waals surface area contributed by atoms with Gasteiger partial charge in [-0.2, -0.15) is 0 Å². The van der Waals surface area contributed by atoms with E-state index in [1.807, 2.05) is 31.2 Å². The SMILES string of the molecule is COc1cc(C=NO)cc(Cl)c1OCc1cccc(C)c1. The zero-order valence-corrected chi connectivity index (χ0v) is 12.6. The molecule has 110 valence electrons. The summed E-state index contributed by atoms with van der Waals surface area (Å²) < 4.78 is 11.0. The van der Waals surface area contributed by atoms with Crippen LogP contribution in [0.15, 0.2) is 41.6 Å². The van der Waals surface area contributed by atoms with Gasteiger partial charge in [-0.1, -0.05) is 46.6 Å². The van der Waals surface area contributed by atoms with Crippen LogP contribution < -0.4 is 9.47 Å². The quantitative estimate of drug-likeness (QED) is 0.515. The van der Waals surface area contributed by atoms with Crippen LogP contribution >= 0.6 is 11.6 Å². The summed E-state index contributed by atoms with van der Waals surface area (Å²) in [6.45, 7) is 2.42. The van der Waals surface area contributed by atoms with Crippen LogP contribution in [0.3, 0.4) is 0 Å². The second-order valence-electron chi connectivity index (χ2n) is 4.56. The average Bonchev–Trinajstić information content (AvgIpc) is 2.46. The van der Waals surface area contributed by atoms with Crippen LogP contribution in [0, 0.1) is 6.92 Å². The number of halogens is 1. The molecule has 0 heterocycles. The molecule has 0 aromatic heterocycles. The Morgan fingerprint density at radius 1 is 1.29 bits per heavy atom. The van der Waals surface area contributed by atoms with Gasteiger partial charge in [0.1, 0.15) is 6.61 Å². The summed E-state index contributed by atoms with van der Waals surface area (Å²) in [4.78, 5) is 0. The van der Waals surface area contributed by atoms with E-state index in [0.717, 1.165) is 5.56 Å². The molecular weight excluding hydrogens is 290 g/mol. The summed E-state index contributed by atoms with van der Waals surface area (Å²) in [5, 5.41) is 12.0. The molecule has 0 bridgehead atoms. The van der Waals surface area contributed by atoms with Gasteiger partial charge in [-0.3, -0.25) is 0 Å². The molecular formula is C16H16ClNO3. The Hall–Kier alpha value is -2.20. The molecule has 0 aliphatic carbocycles. The zero-order valence-electron chi connectivity index (χ0n) is 11.8. The van der Waals surface area contributed by atoms with Crippen molar-refractivity contribution in [2.75, 3.05) is 7.11 Å². The van der Waals surface area contributed by atoms with Gasteiger partial charge in [-0.15, -0.1) is 0 Å². The fourth-order valence-corrected chi connectivity index (χ4v) is 2.25. The smallest absolute Gasteiger partial charge is 0.180 e. The van der Waals surface area contributed by atoms with E-state index in [-0.39, 0.29) is 0 Å². The van der Waals surface area contributed by atoms with Crippen molar-refractivity contribution in [3.8, 4) is 11.5 Å². The van der Waals surface area contributed by atoms with Crippen molar-refractivity contribution >= 4 is 17.8 Å². The third kappa shape index (κ3) is 3.89. The van der Waals surface area contributed by atoms with E-state index < -0.39 is 0 Å². The first-order valence-electron chi connectivity index (χ1n) is 6.37. The van der Waals surface area contributed by atoms with E-state index in [9.17, 15) is 0 Å². The van der Waals surface area contributed by atoms with Gasteiger partial charge in [0.15, 0.2) is 11.5 Å². The Balaban J connectivity index is 2.23. The molecule has 0 aliphatic heterocycles. The minimum atomic E-state index is 0.394. The first-order valence-corrected chi connectivity index (χ1v) is 6.75. The van der Waals surface area contributed by atoms with Gasteiger partial charge in [0.2, 0.25) is 0 Å². The van der Waals surface area contributed by atoms with Crippen LogP contribution in [0.25, 0.3) is 0 Å². The van der Waals surface area contributed by atoms with Crippen molar-refractivity contribution in [3.63, 3.8) is 0 Å². The van der Waals surface area contributed by atoms with Crippen LogP contribution in [0.2, 0.25) is 5.02 Å². The zero-order chi connectivity index (χ0) is 15.2. The molecule has 21 heavy (non-hydrogen) atoms. The number of hydrogen-bond acceptors (Lipinski definition) is 4. The molecule has 0 atom stereocenters. The molecule has 2 rings (SSSR count). The van der Waals surface area contributed by atoms with Crippen LogP contribution in [-0.2, 0) is 6.61 Å². The molecule has 0 radical (unpaired) electrons. The van der Waals surface area contributed by atoms with Crippen molar-refractivity contribution in [3.05, 3.63) is 58.1 Å². The fraction of sp³-hybridized carbons (Fsp3) is 0.188. The highest BCUT2D eigenvalue weighted by molar-refractivity contribution is 6.32. The van der Waals surface area contributed by atoms with Crippen LogP contribution in [0.1, 0.15) is 16.7 Å². The van der Waals surface area contributed by atoms with Gasteiger partial charge >= 0.3 is 0 Å². The number of oxime groups is 1. The average molecular weight is 306 g/mol. The standard InChI is InChI=1S/C16H16ClNO3/c1-11-4-3-5-12(6-11)10-21-16-14(17)7-13(9-18-19)8-15(16)20-2/h3-9,19H,10H2,1-2H3. The Morgan fingerprint density at radius 3 is 2.76 bits per heavy atom. The number of rotatable bonds is 5. The van der Waals surface area contributed by atoms with E-state index in [4.69, 9.17) is 26.3 Å². The van der Waals surface area contributed by atoms with Crippen LogP contribution in [-0.4, -0.2) is 18.5 Å². The van der Waals surface area contributed by atoms with Gasteiger partial charge in [-0.05, 0) is 24.6 Å². The molecule has 0 amide bonds. The molecule has 0 unspecified atom stereocenters. The van der Waals surface area contributed by atoms with Crippen LogP contribution in [0.4, 0.5) is 0 Å². The fourth-order valence-electron chi connectivity index (χ4n) is 1.98. The second kappa shape index (κ2) is 6.99. The maximum absolute atomic E-state index is 8.58. The van der Waals surface area contributed by atoms with E-state index in [1.54, 1.807) is 12.1 Å². The normalized spacial score (nSPS) is 10.8. The maximum atomic E-state index is 8.58. The number of nitrogens with zero attached hydrogens (tertiary/aromatic N) is 1. The number of ether oxygens (including phenoxy) is 2. The lowest BCUT2D eigenvalue weighted by Gasteiger charge is -2.13. The highest BCUT2D eigenvalue weighted by Crippen LogP contribution is 2.36. The van der Waals surface area contributed by atoms with Gasteiger partial charge in [0.25, 0.3) is 0 Å². The Kier molecular flexibility index (Phi) is 5.06. The molecule has 1 N–H and O–H groups in total. The summed E-state index contributed by atoms with van der Waals surface area (Å²) in [6, 6.07) is 11.4. The molecule has 5 heteroatoms. The van der Waals surface area contributed by atoms with Crippen molar-refractivity contribution in [1.82, 2.24) is 0 Å². The molecule has 0 saturated carbocycles. The van der Waals surface area contributed by atoms with Gasteiger partial charge in [0.05, 0.1) is 18.3 Å². The second-order valence-corrected chi connectivity index (χ2v) is 4.96. The largest absolute Gasteiger partial charge is 0.493 e. The molecule has 0 spiro atoms. The highest BCUT2D eigenvalue weighted by Gasteiger charge is 2.12. The summed E-state index contributed by atoms with van der Waals surface area (Å²) in [5.41, 5.74) is 2.85. The van der Waals surface area contributed by atoms with E-state index in [1.165, 1.54) is 18.9 Å². The van der Waals surface area contributed by atoms with E-state index in [0.29, 0.717) is 28.7 Å². The monoisotopic (exact) mass is 305 g/mol. The van der Waals surface area contributed by atoms with Crippen molar-refractivity contribution in [2.24, 2.45) is 5.16 Å². The minimum absolute atomic E-state index is 0.394. The van der Waals surface area contributed by atoms with Gasteiger partial charge in [0, 0.05) is 5.56 Å². The molecule has 2 aromatic rings. The topological polar surface area (TPSA) is 51.0 Å². The third-order valence-corrected chi connectivity index (χ3v) is 3.20. The maximum Gasteiger partial charge on any atom is 0.180 e. The molecule has 0 saturated heterocycles. The Bertz CT molecular complexity index is 656. The summed E-state index contributed by atoms with van der Waals surface area (Å²) in [6.07, 6.45) is 1.28. The first kappa shape index (κ1) is 15.2. The first-order chi connectivity index (χ1) is 10.1. The number of aryl methyl sites for hydroxylation is 1.